The highest BCUT2D eigenvalue weighted by atomic mass is 32.2. The molecule has 0 saturated heterocycles. The molecule has 0 amide bonds. The molecule has 2 heterocycles. The fraction of sp³-hybridized carbons (Fsp3) is 0.100. The van der Waals surface area contributed by atoms with Crippen molar-refractivity contribution in [2.75, 3.05) is 4.72 Å². The van der Waals surface area contributed by atoms with Gasteiger partial charge in [0.15, 0.2) is 5.03 Å². The van der Waals surface area contributed by atoms with Crippen LogP contribution in [0.15, 0.2) is 71.2 Å². The van der Waals surface area contributed by atoms with Crippen LogP contribution in [-0.2, 0) is 17.1 Å². The molecule has 4 aromatic rings. The van der Waals surface area contributed by atoms with Crippen LogP contribution in [0.2, 0.25) is 0 Å². The van der Waals surface area contributed by atoms with Crippen molar-refractivity contribution in [2.45, 2.75) is 11.9 Å². The lowest BCUT2D eigenvalue weighted by Crippen LogP contribution is -2.13. The quantitative estimate of drug-likeness (QED) is 0.532. The Balaban J connectivity index is 1.61. The lowest BCUT2D eigenvalue weighted by molar-refractivity contribution is 0.598. The summed E-state index contributed by atoms with van der Waals surface area (Å²) >= 11 is 1.56. The normalized spacial score (nSPS) is 11.5. The molecule has 0 radical (unpaired) electrons. The number of sulfonamides is 1. The van der Waals surface area contributed by atoms with Crippen LogP contribution in [-0.4, -0.2) is 23.0 Å². The van der Waals surface area contributed by atoms with Crippen molar-refractivity contribution in [3.63, 3.8) is 0 Å². The number of nitrogens with one attached hydrogen (secondary N) is 1. The number of nitrogens with zero attached hydrogens (tertiary/aromatic N) is 3. The van der Waals surface area contributed by atoms with Crippen LogP contribution in [0.3, 0.4) is 0 Å². The first-order valence-corrected chi connectivity index (χ1v) is 10.9. The molecular formula is C20H18N4O2S2. The standard InChI is InChI=1S/C20H18N4O2S2/c1-14-21-19(12-24(14)2)28(25,26)23-17-10-6-9-16(11-17)18-13-27-20(22-18)15-7-4-3-5-8-15/h3-13,23H,1-2H3. The van der Waals surface area contributed by atoms with Gasteiger partial charge in [-0.2, -0.15) is 8.42 Å². The van der Waals surface area contributed by atoms with Crippen molar-refractivity contribution in [1.82, 2.24) is 14.5 Å². The van der Waals surface area contributed by atoms with Gasteiger partial charge in [0.25, 0.3) is 10.0 Å². The second-order valence-electron chi connectivity index (χ2n) is 6.33. The fourth-order valence-electron chi connectivity index (χ4n) is 2.72. The van der Waals surface area contributed by atoms with Gasteiger partial charge in [-0.25, -0.2) is 9.97 Å². The molecule has 0 aliphatic heterocycles. The molecule has 0 spiro atoms. The van der Waals surface area contributed by atoms with Gasteiger partial charge in [-0.3, -0.25) is 4.72 Å². The minimum atomic E-state index is -3.75. The number of hydrogen-bond acceptors (Lipinski definition) is 5. The van der Waals surface area contributed by atoms with Crippen molar-refractivity contribution in [3.05, 3.63) is 72.0 Å². The van der Waals surface area contributed by atoms with Gasteiger partial charge >= 0.3 is 0 Å². The van der Waals surface area contributed by atoms with Crippen LogP contribution in [0, 0.1) is 6.92 Å². The van der Waals surface area contributed by atoms with E-state index in [1.807, 2.05) is 41.8 Å². The van der Waals surface area contributed by atoms with E-state index >= 15 is 0 Å². The Morgan fingerprint density at radius 2 is 1.75 bits per heavy atom. The smallest absolute Gasteiger partial charge is 0.280 e. The number of thiazole rings is 1. The molecular weight excluding hydrogens is 392 g/mol. The second-order valence-corrected chi connectivity index (χ2v) is 8.81. The molecule has 0 aliphatic carbocycles. The third kappa shape index (κ3) is 3.69. The monoisotopic (exact) mass is 410 g/mol. The number of rotatable bonds is 5. The maximum Gasteiger partial charge on any atom is 0.280 e. The van der Waals surface area contributed by atoms with Gasteiger partial charge < -0.3 is 4.57 Å². The predicted octanol–water partition coefficient (Wildman–Crippen LogP) is 4.32. The fourth-order valence-corrected chi connectivity index (χ4v) is 4.65. The minimum absolute atomic E-state index is 0.00192. The van der Waals surface area contributed by atoms with Crippen molar-refractivity contribution < 1.29 is 8.42 Å². The number of hydrogen-bond donors (Lipinski definition) is 1. The summed E-state index contributed by atoms with van der Waals surface area (Å²) in [4.78, 5) is 8.78. The molecule has 2 aromatic carbocycles. The molecule has 0 aliphatic rings. The van der Waals surface area contributed by atoms with E-state index in [2.05, 4.69) is 14.7 Å². The topological polar surface area (TPSA) is 76.9 Å². The van der Waals surface area contributed by atoms with E-state index in [1.165, 1.54) is 6.20 Å². The zero-order valence-corrected chi connectivity index (χ0v) is 17.0. The highest BCUT2D eigenvalue weighted by Gasteiger charge is 2.19. The summed E-state index contributed by atoms with van der Waals surface area (Å²) in [5, 5.41) is 2.89. The Morgan fingerprint density at radius 1 is 1.00 bits per heavy atom. The van der Waals surface area contributed by atoms with Gasteiger partial charge in [0.2, 0.25) is 0 Å². The van der Waals surface area contributed by atoms with Crippen LogP contribution in [0.25, 0.3) is 21.8 Å². The van der Waals surface area contributed by atoms with E-state index in [-0.39, 0.29) is 5.03 Å². The van der Waals surface area contributed by atoms with Crippen molar-refractivity contribution in [1.29, 1.82) is 0 Å². The maximum absolute atomic E-state index is 12.6. The van der Waals surface area contributed by atoms with Crippen LogP contribution in [0.4, 0.5) is 5.69 Å². The lowest BCUT2D eigenvalue weighted by Gasteiger charge is -2.07. The third-order valence-electron chi connectivity index (χ3n) is 4.30. The maximum atomic E-state index is 12.6. The molecule has 0 atom stereocenters. The average molecular weight is 411 g/mol. The number of benzene rings is 2. The Labute approximate surface area is 167 Å². The summed E-state index contributed by atoms with van der Waals surface area (Å²) in [5.41, 5.74) is 3.17. The van der Waals surface area contributed by atoms with Crippen molar-refractivity contribution in [2.24, 2.45) is 7.05 Å². The van der Waals surface area contributed by atoms with Crippen LogP contribution in [0.5, 0.6) is 0 Å². The molecule has 0 saturated carbocycles. The Morgan fingerprint density at radius 3 is 2.46 bits per heavy atom. The van der Waals surface area contributed by atoms with Gasteiger partial charge in [0.05, 0.1) is 5.69 Å². The number of aryl methyl sites for hydroxylation is 2. The van der Waals surface area contributed by atoms with Gasteiger partial charge in [-0.1, -0.05) is 42.5 Å². The zero-order chi connectivity index (χ0) is 19.7. The van der Waals surface area contributed by atoms with E-state index in [0.717, 1.165) is 21.8 Å². The average Bonchev–Trinajstić information content (AvgIpc) is 3.30. The van der Waals surface area contributed by atoms with Gasteiger partial charge in [0.1, 0.15) is 10.8 Å². The molecule has 0 unspecified atom stereocenters. The van der Waals surface area contributed by atoms with Crippen LogP contribution >= 0.6 is 11.3 Å². The Hall–Kier alpha value is -2.97. The van der Waals surface area contributed by atoms with E-state index in [0.29, 0.717) is 11.5 Å². The third-order valence-corrected chi connectivity index (χ3v) is 6.44. The van der Waals surface area contributed by atoms with Gasteiger partial charge in [-0.05, 0) is 19.1 Å². The van der Waals surface area contributed by atoms with Crippen LogP contribution in [0.1, 0.15) is 5.82 Å². The first-order chi connectivity index (χ1) is 13.4. The first kappa shape index (κ1) is 18.4. The van der Waals surface area contributed by atoms with E-state index < -0.39 is 10.0 Å². The molecule has 28 heavy (non-hydrogen) atoms. The van der Waals surface area contributed by atoms with Gasteiger partial charge in [-0.15, -0.1) is 11.3 Å². The molecule has 4 rings (SSSR count). The molecule has 8 heteroatoms. The summed E-state index contributed by atoms with van der Waals surface area (Å²) in [5.74, 6) is 0.630. The van der Waals surface area contributed by atoms with Crippen molar-refractivity contribution >= 4 is 27.0 Å². The molecule has 6 nitrogen and oxygen atoms in total. The van der Waals surface area contributed by atoms with Crippen LogP contribution < -0.4 is 4.72 Å². The summed E-state index contributed by atoms with van der Waals surface area (Å²) in [7, 11) is -1.99. The lowest BCUT2D eigenvalue weighted by atomic mass is 10.1. The number of imidazole rings is 1. The Bertz CT molecular complexity index is 1210. The van der Waals surface area contributed by atoms with Crippen molar-refractivity contribution in [3.8, 4) is 21.8 Å². The minimum Gasteiger partial charge on any atom is -0.337 e. The summed E-state index contributed by atoms with van der Waals surface area (Å²) in [6.45, 7) is 1.76. The molecule has 1 N–H and O–H groups in total. The van der Waals surface area contributed by atoms with Gasteiger partial charge in [0, 0.05) is 35.4 Å². The highest BCUT2D eigenvalue weighted by Crippen LogP contribution is 2.30. The zero-order valence-electron chi connectivity index (χ0n) is 15.3. The molecule has 2 aromatic heterocycles. The first-order valence-electron chi connectivity index (χ1n) is 8.56. The SMILES string of the molecule is Cc1nc(S(=O)(=O)Nc2cccc(-c3csc(-c4ccccc4)n3)c2)cn1C. The number of anilines is 1. The number of aromatic nitrogens is 3. The second kappa shape index (κ2) is 7.21. The van der Waals surface area contributed by atoms with E-state index in [9.17, 15) is 8.42 Å². The highest BCUT2D eigenvalue weighted by molar-refractivity contribution is 7.92. The Kier molecular flexibility index (Phi) is 4.74. The molecule has 142 valence electrons. The van der Waals surface area contributed by atoms with E-state index in [1.54, 1.807) is 48.1 Å². The molecule has 0 bridgehead atoms. The predicted molar refractivity (Wildman–Crippen MR) is 112 cm³/mol. The largest absolute Gasteiger partial charge is 0.337 e. The summed E-state index contributed by atoms with van der Waals surface area (Å²) < 4.78 is 29.5. The molecule has 0 fully saturated rings. The summed E-state index contributed by atoms with van der Waals surface area (Å²) in [6.07, 6.45) is 1.49. The summed E-state index contributed by atoms with van der Waals surface area (Å²) in [6, 6.07) is 17.2. The van der Waals surface area contributed by atoms with E-state index in [4.69, 9.17) is 0 Å².